The molecule has 0 saturated carbocycles. The molecule has 0 aliphatic carbocycles. The minimum Gasteiger partial charge on any atom is -0.394 e. The van der Waals surface area contributed by atoms with E-state index in [1.807, 2.05) is 0 Å². The van der Waals surface area contributed by atoms with E-state index < -0.39 is 10.7 Å². The molecule has 27 heavy (non-hydrogen) atoms. The number of aliphatic hydroxyl groups excluding tert-OH is 1. The Bertz CT molecular complexity index is 822. The second-order valence-electron chi connectivity index (χ2n) is 7.09. The highest BCUT2D eigenvalue weighted by Crippen LogP contribution is 2.43. The third-order valence-electron chi connectivity index (χ3n) is 5.20. The molecular weight excluding hydrogens is 352 g/mol. The third kappa shape index (κ3) is 3.71. The van der Waals surface area contributed by atoms with Crippen LogP contribution in [0.2, 0.25) is 0 Å². The van der Waals surface area contributed by atoms with Crippen LogP contribution in [-0.4, -0.2) is 43.5 Å². The molecule has 2 saturated heterocycles. The van der Waals surface area contributed by atoms with Crippen molar-refractivity contribution >= 4 is 5.69 Å². The molecule has 2 aromatic rings. The summed E-state index contributed by atoms with van der Waals surface area (Å²) < 4.78 is 13.9. The van der Waals surface area contributed by atoms with Gasteiger partial charge < -0.3 is 14.6 Å². The van der Waals surface area contributed by atoms with E-state index in [0.717, 1.165) is 38.5 Å². The Hall–Kier alpha value is -2.36. The largest absolute Gasteiger partial charge is 0.394 e. The maximum absolute atomic E-state index is 11.0. The highest BCUT2D eigenvalue weighted by atomic mass is 16.7. The van der Waals surface area contributed by atoms with Crippen molar-refractivity contribution in [3.8, 4) is 5.69 Å². The van der Waals surface area contributed by atoms with Crippen LogP contribution in [-0.2, 0) is 9.47 Å². The van der Waals surface area contributed by atoms with Gasteiger partial charge in [0.25, 0.3) is 5.69 Å². The SMILES string of the molecule is O=[N+]([O-])c1cccc(-n2cc([C@@H]3CCC[C@]4(CCC[C@@H](CO)O4)O3)nn2)c1. The molecule has 1 aromatic carbocycles. The molecule has 3 heterocycles. The Morgan fingerprint density at radius 2 is 2.11 bits per heavy atom. The van der Waals surface area contributed by atoms with E-state index in [0.29, 0.717) is 11.4 Å². The van der Waals surface area contributed by atoms with E-state index in [9.17, 15) is 15.2 Å². The van der Waals surface area contributed by atoms with Crippen molar-refractivity contribution < 1.29 is 19.5 Å². The van der Waals surface area contributed by atoms with Gasteiger partial charge in [0.2, 0.25) is 0 Å². The molecule has 144 valence electrons. The number of nitro benzene ring substituents is 1. The van der Waals surface area contributed by atoms with Crippen molar-refractivity contribution in [3.63, 3.8) is 0 Å². The van der Waals surface area contributed by atoms with Crippen LogP contribution >= 0.6 is 0 Å². The smallest absolute Gasteiger partial charge is 0.271 e. The predicted octanol–water partition coefficient (Wildman–Crippen LogP) is 2.67. The number of benzene rings is 1. The molecule has 1 aromatic heterocycles. The van der Waals surface area contributed by atoms with E-state index in [1.165, 1.54) is 16.8 Å². The number of nitrogens with zero attached hydrogens (tertiary/aromatic N) is 4. The van der Waals surface area contributed by atoms with Crippen LogP contribution in [0.1, 0.15) is 50.3 Å². The van der Waals surface area contributed by atoms with Gasteiger partial charge in [-0.15, -0.1) is 5.10 Å². The lowest BCUT2D eigenvalue weighted by atomic mass is 9.92. The van der Waals surface area contributed by atoms with Crippen molar-refractivity contribution in [2.24, 2.45) is 0 Å². The van der Waals surface area contributed by atoms with Gasteiger partial charge in [0.05, 0.1) is 29.5 Å². The van der Waals surface area contributed by atoms with E-state index in [-0.39, 0.29) is 24.5 Å². The van der Waals surface area contributed by atoms with Crippen LogP contribution in [0.5, 0.6) is 0 Å². The first-order chi connectivity index (χ1) is 13.1. The van der Waals surface area contributed by atoms with Crippen LogP contribution in [0.25, 0.3) is 5.69 Å². The standard InChI is InChI=1S/C18H22N4O5/c23-12-15-6-2-8-18(26-15)9-3-7-17(27-18)16-11-21(20-19-16)13-4-1-5-14(10-13)22(24)25/h1,4-5,10-11,15,17,23H,2-3,6-9,12H2/t15-,17-,18-/m0/s1. The van der Waals surface area contributed by atoms with Crippen molar-refractivity contribution in [2.75, 3.05) is 6.61 Å². The van der Waals surface area contributed by atoms with Gasteiger partial charge in [-0.2, -0.15) is 0 Å². The summed E-state index contributed by atoms with van der Waals surface area (Å²) in [5.74, 6) is -0.663. The Balaban J connectivity index is 1.53. The summed E-state index contributed by atoms with van der Waals surface area (Å²) in [6.45, 7) is -0.00124. The number of nitro groups is 1. The molecule has 1 N–H and O–H groups in total. The van der Waals surface area contributed by atoms with Crippen molar-refractivity contribution in [2.45, 2.75) is 56.5 Å². The normalized spacial score (nSPS) is 28.3. The highest BCUT2D eigenvalue weighted by Gasteiger charge is 2.43. The van der Waals surface area contributed by atoms with Crippen LogP contribution < -0.4 is 0 Å². The first-order valence-corrected chi connectivity index (χ1v) is 9.22. The summed E-state index contributed by atoms with van der Waals surface area (Å²) in [5.41, 5.74) is 1.25. The summed E-state index contributed by atoms with van der Waals surface area (Å²) in [5, 5.41) is 28.7. The molecule has 0 bridgehead atoms. The number of hydrogen-bond donors (Lipinski definition) is 1. The lowest BCUT2D eigenvalue weighted by molar-refractivity contribution is -0.384. The summed E-state index contributed by atoms with van der Waals surface area (Å²) in [6.07, 6.45) is 6.47. The Labute approximate surface area is 156 Å². The first kappa shape index (κ1) is 18.0. The van der Waals surface area contributed by atoms with Gasteiger partial charge in [0, 0.05) is 25.0 Å². The molecule has 2 aliphatic heterocycles. The van der Waals surface area contributed by atoms with Gasteiger partial charge in [-0.3, -0.25) is 10.1 Å². The molecule has 2 fully saturated rings. The second kappa shape index (κ2) is 7.34. The van der Waals surface area contributed by atoms with Gasteiger partial charge in [0.15, 0.2) is 5.79 Å². The summed E-state index contributed by atoms with van der Waals surface area (Å²) in [6, 6.07) is 6.25. The first-order valence-electron chi connectivity index (χ1n) is 9.22. The fourth-order valence-electron chi connectivity index (χ4n) is 3.86. The lowest BCUT2D eigenvalue weighted by Gasteiger charge is -2.45. The maximum Gasteiger partial charge on any atom is 0.271 e. The van der Waals surface area contributed by atoms with Gasteiger partial charge in [-0.1, -0.05) is 11.3 Å². The van der Waals surface area contributed by atoms with Crippen LogP contribution in [0.4, 0.5) is 5.69 Å². The van der Waals surface area contributed by atoms with Gasteiger partial charge >= 0.3 is 0 Å². The van der Waals surface area contributed by atoms with E-state index in [4.69, 9.17) is 9.47 Å². The van der Waals surface area contributed by atoms with Crippen molar-refractivity contribution in [3.05, 3.63) is 46.3 Å². The monoisotopic (exact) mass is 374 g/mol. The number of hydrogen-bond acceptors (Lipinski definition) is 7. The molecule has 0 amide bonds. The van der Waals surface area contributed by atoms with Crippen LogP contribution in [0, 0.1) is 10.1 Å². The average molecular weight is 374 g/mol. The van der Waals surface area contributed by atoms with Gasteiger partial charge in [-0.05, 0) is 31.7 Å². The quantitative estimate of drug-likeness (QED) is 0.646. The molecule has 3 atom stereocenters. The Morgan fingerprint density at radius 3 is 2.89 bits per heavy atom. The van der Waals surface area contributed by atoms with Gasteiger partial charge in [-0.25, -0.2) is 4.68 Å². The Morgan fingerprint density at radius 1 is 1.30 bits per heavy atom. The molecule has 0 radical (unpaired) electrons. The second-order valence-corrected chi connectivity index (χ2v) is 7.09. The molecule has 0 unspecified atom stereocenters. The van der Waals surface area contributed by atoms with Gasteiger partial charge in [0.1, 0.15) is 11.8 Å². The molecule has 4 rings (SSSR count). The predicted molar refractivity (Wildman–Crippen MR) is 94.2 cm³/mol. The lowest BCUT2D eigenvalue weighted by Crippen LogP contribution is -2.47. The fourth-order valence-corrected chi connectivity index (χ4v) is 3.86. The molecule has 9 heteroatoms. The number of non-ortho nitro benzene ring substituents is 1. The summed E-state index contributed by atoms with van der Waals surface area (Å²) in [4.78, 5) is 10.5. The maximum atomic E-state index is 11.0. The average Bonchev–Trinajstić information content (AvgIpc) is 3.18. The molecule has 1 spiro atoms. The molecule has 2 aliphatic rings. The summed E-state index contributed by atoms with van der Waals surface area (Å²) in [7, 11) is 0. The molecular formula is C18H22N4O5. The van der Waals surface area contributed by atoms with Crippen LogP contribution in [0.3, 0.4) is 0 Å². The number of rotatable bonds is 4. The minimum atomic E-state index is -0.663. The zero-order chi connectivity index (χ0) is 18.9. The van der Waals surface area contributed by atoms with Crippen molar-refractivity contribution in [1.82, 2.24) is 15.0 Å². The Kier molecular flexibility index (Phi) is 4.90. The van der Waals surface area contributed by atoms with E-state index in [1.54, 1.807) is 18.3 Å². The van der Waals surface area contributed by atoms with E-state index in [2.05, 4.69) is 10.3 Å². The number of ether oxygens (including phenoxy) is 2. The zero-order valence-electron chi connectivity index (χ0n) is 14.9. The third-order valence-corrected chi connectivity index (χ3v) is 5.20. The van der Waals surface area contributed by atoms with E-state index >= 15 is 0 Å². The van der Waals surface area contributed by atoms with Crippen LogP contribution in [0.15, 0.2) is 30.5 Å². The van der Waals surface area contributed by atoms with Crippen molar-refractivity contribution in [1.29, 1.82) is 0 Å². The topological polar surface area (TPSA) is 113 Å². The highest BCUT2D eigenvalue weighted by molar-refractivity contribution is 5.42. The number of aromatic nitrogens is 3. The summed E-state index contributed by atoms with van der Waals surface area (Å²) >= 11 is 0. The zero-order valence-corrected chi connectivity index (χ0v) is 14.9. The minimum absolute atomic E-state index is 0.00124. The molecule has 9 nitrogen and oxygen atoms in total. The number of aliphatic hydroxyl groups is 1. The fraction of sp³-hybridized carbons (Fsp3) is 0.556.